The quantitative estimate of drug-likeness (QED) is 0.752. The summed E-state index contributed by atoms with van der Waals surface area (Å²) in [5.41, 5.74) is 0.571. The van der Waals surface area contributed by atoms with Crippen molar-refractivity contribution in [2.45, 2.75) is 45.4 Å². The van der Waals surface area contributed by atoms with Gasteiger partial charge in [0.15, 0.2) is 0 Å². The van der Waals surface area contributed by atoms with Gasteiger partial charge >= 0.3 is 0 Å². The summed E-state index contributed by atoms with van der Waals surface area (Å²) >= 11 is 6.09. The SMILES string of the molecule is CCC1CCCC(C#N)(Cc2ccc(F)cc2Cl)C1. The third kappa shape index (κ3) is 3.28. The van der Waals surface area contributed by atoms with Crippen LogP contribution in [0.4, 0.5) is 4.39 Å². The van der Waals surface area contributed by atoms with Gasteiger partial charge in [-0.25, -0.2) is 4.39 Å². The Hall–Kier alpha value is -1.07. The van der Waals surface area contributed by atoms with Crippen LogP contribution in [0.5, 0.6) is 0 Å². The largest absolute Gasteiger partial charge is 0.207 e. The fourth-order valence-corrected chi connectivity index (χ4v) is 3.40. The van der Waals surface area contributed by atoms with E-state index in [9.17, 15) is 9.65 Å². The van der Waals surface area contributed by atoms with Crippen LogP contribution in [0.15, 0.2) is 18.2 Å². The van der Waals surface area contributed by atoms with Gasteiger partial charge in [0.25, 0.3) is 0 Å². The fraction of sp³-hybridized carbons (Fsp3) is 0.562. The van der Waals surface area contributed by atoms with Crippen molar-refractivity contribution in [1.82, 2.24) is 0 Å². The second kappa shape index (κ2) is 5.92. The lowest BCUT2D eigenvalue weighted by Gasteiger charge is -2.35. The normalized spacial score (nSPS) is 26.9. The fourth-order valence-electron chi connectivity index (χ4n) is 3.17. The van der Waals surface area contributed by atoms with Crippen LogP contribution in [0.3, 0.4) is 0 Å². The molecule has 1 aromatic carbocycles. The molecule has 1 fully saturated rings. The van der Waals surface area contributed by atoms with Gasteiger partial charge in [0.2, 0.25) is 0 Å². The third-order valence-electron chi connectivity index (χ3n) is 4.31. The minimum Gasteiger partial charge on any atom is -0.207 e. The van der Waals surface area contributed by atoms with Crippen LogP contribution in [0.2, 0.25) is 5.02 Å². The standard InChI is InChI=1S/C16H19ClFN/c1-2-12-4-3-7-16(9-12,11-19)10-13-5-6-14(18)8-15(13)17/h5-6,8,12H,2-4,7,9-10H2,1H3. The average Bonchev–Trinajstić information content (AvgIpc) is 2.42. The zero-order valence-corrected chi connectivity index (χ0v) is 12.0. The highest BCUT2D eigenvalue weighted by Crippen LogP contribution is 2.43. The molecular weight excluding hydrogens is 261 g/mol. The van der Waals surface area contributed by atoms with Crippen LogP contribution in [-0.2, 0) is 6.42 Å². The lowest BCUT2D eigenvalue weighted by Crippen LogP contribution is -2.29. The molecule has 0 bridgehead atoms. The molecule has 19 heavy (non-hydrogen) atoms. The van der Waals surface area contributed by atoms with E-state index in [4.69, 9.17) is 11.6 Å². The summed E-state index contributed by atoms with van der Waals surface area (Å²) in [6.45, 7) is 2.18. The van der Waals surface area contributed by atoms with E-state index in [2.05, 4.69) is 13.0 Å². The molecule has 1 aliphatic carbocycles. The smallest absolute Gasteiger partial charge is 0.124 e. The predicted octanol–water partition coefficient (Wildman–Crippen LogP) is 5.13. The van der Waals surface area contributed by atoms with Crippen molar-refractivity contribution in [1.29, 1.82) is 5.26 Å². The highest BCUT2D eigenvalue weighted by atomic mass is 35.5. The van der Waals surface area contributed by atoms with E-state index in [1.54, 1.807) is 6.07 Å². The van der Waals surface area contributed by atoms with Crippen LogP contribution in [0.1, 0.15) is 44.6 Å². The summed E-state index contributed by atoms with van der Waals surface area (Å²) in [5.74, 6) is 0.308. The second-order valence-corrected chi connectivity index (χ2v) is 6.08. The van der Waals surface area contributed by atoms with E-state index < -0.39 is 0 Å². The zero-order valence-electron chi connectivity index (χ0n) is 11.3. The van der Waals surface area contributed by atoms with Crippen LogP contribution >= 0.6 is 11.6 Å². The van der Waals surface area contributed by atoms with E-state index in [1.165, 1.54) is 18.6 Å². The number of nitriles is 1. The van der Waals surface area contributed by atoms with E-state index in [1.807, 2.05) is 0 Å². The van der Waals surface area contributed by atoms with E-state index in [0.717, 1.165) is 31.2 Å². The Morgan fingerprint density at radius 3 is 2.95 bits per heavy atom. The Morgan fingerprint density at radius 1 is 1.53 bits per heavy atom. The van der Waals surface area contributed by atoms with Gasteiger partial charge in [-0.15, -0.1) is 0 Å². The first kappa shape index (κ1) is 14.3. The number of halogens is 2. The topological polar surface area (TPSA) is 23.8 Å². The molecule has 102 valence electrons. The average molecular weight is 280 g/mol. The maximum atomic E-state index is 13.1. The number of benzene rings is 1. The molecule has 0 aliphatic heterocycles. The molecule has 0 N–H and O–H groups in total. The van der Waals surface area contributed by atoms with E-state index in [0.29, 0.717) is 17.4 Å². The summed E-state index contributed by atoms with van der Waals surface area (Å²) < 4.78 is 13.1. The highest BCUT2D eigenvalue weighted by molar-refractivity contribution is 6.31. The number of hydrogen-bond acceptors (Lipinski definition) is 1. The van der Waals surface area contributed by atoms with Crippen molar-refractivity contribution in [3.63, 3.8) is 0 Å². The van der Waals surface area contributed by atoms with Gasteiger partial charge in [0, 0.05) is 5.02 Å². The number of nitrogens with zero attached hydrogens (tertiary/aromatic N) is 1. The Balaban J connectivity index is 2.21. The first-order valence-electron chi connectivity index (χ1n) is 6.94. The van der Waals surface area contributed by atoms with Crippen LogP contribution < -0.4 is 0 Å². The van der Waals surface area contributed by atoms with Gasteiger partial charge in [-0.1, -0.05) is 43.9 Å². The Kier molecular flexibility index (Phi) is 4.47. The molecule has 2 atom stereocenters. The minimum absolute atomic E-state index is 0.319. The van der Waals surface area contributed by atoms with Gasteiger partial charge in [-0.05, 0) is 42.9 Å². The van der Waals surface area contributed by atoms with Crippen LogP contribution in [-0.4, -0.2) is 0 Å². The summed E-state index contributed by atoms with van der Waals surface area (Å²) in [5, 5.41) is 10.0. The summed E-state index contributed by atoms with van der Waals surface area (Å²) in [4.78, 5) is 0. The minimum atomic E-state index is -0.324. The molecule has 0 saturated heterocycles. The van der Waals surface area contributed by atoms with Crippen LogP contribution in [0.25, 0.3) is 0 Å². The van der Waals surface area contributed by atoms with Gasteiger partial charge in [-0.3, -0.25) is 0 Å². The van der Waals surface area contributed by atoms with E-state index in [-0.39, 0.29) is 11.2 Å². The molecular formula is C16H19ClFN. The van der Waals surface area contributed by atoms with Crippen molar-refractivity contribution < 1.29 is 4.39 Å². The third-order valence-corrected chi connectivity index (χ3v) is 4.66. The second-order valence-electron chi connectivity index (χ2n) is 5.68. The molecule has 0 radical (unpaired) electrons. The van der Waals surface area contributed by atoms with Crippen molar-refractivity contribution in [2.75, 3.05) is 0 Å². The predicted molar refractivity (Wildman–Crippen MR) is 75.4 cm³/mol. The Morgan fingerprint density at radius 2 is 2.32 bits per heavy atom. The molecule has 1 nitrogen and oxygen atoms in total. The molecule has 3 heteroatoms. The summed E-state index contributed by atoms with van der Waals surface area (Å²) in [7, 11) is 0. The van der Waals surface area contributed by atoms with Gasteiger partial charge < -0.3 is 0 Å². The highest BCUT2D eigenvalue weighted by Gasteiger charge is 2.36. The van der Waals surface area contributed by atoms with Crippen molar-refractivity contribution in [3.05, 3.63) is 34.6 Å². The number of rotatable bonds is 3. The summed E-state index contributed by atoms with van der Waals surface area (Å²) in [6.07, 6.45) is 5.95. The first-order valence-corrected chi connectivity index (χ1v) is 7.31. The first-order chi connectivity index (χ1) is 9.08. The van der Waals surface area contributed by atoms with Gasteiger partial charge in [-0.2, -0.15) is 5.26 Å². The monoisotopic (exact) mass is 279 g/mol. The maximum absolute atomic E-state index is 13.1. The molecule has 1 aliphatic rings. The molecule has 1 saturated carbocycles. The molecule has 0 aromatic heterocycles. The Bertz CT molecular complexity index is 494. The lowest BCUT2D eigenvalue weighted by atomic mass is 9.67. The number of hydrogen-bond donors (Lipinski definition) is 0. The molecule has 0 amide bonds. The lowest BCUT2D eigenvalue weighted by molar-refractivity contribution is 0.194. The maximum Gasteiger partial charge on any atom is 0.124 e. The van der Waals surface area contributed by atoms with E-state index >= 15 is 0 Å². The van der Waals surface area contributed by atoms with Crippen molar-refractivity contribution in [2.24, 2.45) is 11.3 Å². The Labute approximate surface area is 119 Å². The van der Waals surface area contributed by atoms with Crippen molar-refractivity contribution in [3.8, 4) is 6.07 Å². The molecule has 2 rings (SSSR count). The molecule has 1 aromatic rings. The van der Waals surface area contributed by atoms with Gasteiger partial charge in [0.05, 0.1) is 11.5 Å². The molecule has 0 spiro atoms. The zero-order chi connectivity index (χ0) is 13.9. The van der Waals surface area contributed by atoms with Crippen LogP contribution in [0, 0.1) is 28.5 Å². The molecule has 0 heterocycles. The summed E-state index contributed by atoms with van der Waals surface area (Å²) in [6, 6.07) is 6.99. The van der Waals surface area contributed by atoms with Crippen molar-refractivity contribution >= 4 is 11.6 Å². The molecule has 2 unspecified atom stereocenters. The van der Waals surface area contributed by atoms with Gasteiger partial charge in [0.1, 0.15) is 5.82 Å².